The van der Waals surface area contributed by atoms with Crippen molar-refractivity contribution in [3.8, 4) is 0 Å². The first-order chi connectivity index (χ1) is 10.1. The summed E-state index contributed by atoms with van der Waals surface area (Å²) in [6, 6.07) is 13.0. The molecule has 0 fully saturated rings. The highest BCUT2D eigenvalue weighted by Crippen LogP contribution is 2.19. The predicted octanol–water partition coefficient (Wildman–Crippen LogP) is 3.20. The second-order valence-electron chi connectivity index (χ2n) is 4.91. The van der Waals surface area contributed by atoms with E-state index in [2.05, 4.69) is 4.99 Å². The van der Waals surface area contributed by atoms with Gasteiger partial charge in [0.1, 0.15) is 5.71 Å². The molecule has 0 unspecified atom stereocenters. The first-order valence-corrected chi connectivity index (χ1v) is 7.48. The van der Waals surface area contributed by atoms with E-state index in [1.54, 1.807) is 11.3 Å². The number of imide groups is 1. The highest BCUT2D eigenvalue weighted by Gasteiger charge is 2.32. The summed E-state index contributed by atoms with van der Waals surface area (Å²) in [5.41, 5.74) is 1.25. The number of hydrogen-bond acceptors (Lipinski definition) is 3. The predicted molar refractivity (Wildman–Crippen MR) is 82.6 cm³/mol. The van der Waals surface area contributed by atoms with Gasteiger partial charge in [0.25, 0.3) is 5.91 Å². The Hall–Kier alpha value is -2.27. The molecule has 3 amide bonds. The van der Waals surface area contributed by atoms with Gasteiger partial charge in [-0.3, -0.25) is 9.69 Å². The van der Waals surface area contributed by atoms with E-state index in [1.807, 2.05) is 49.4 Å². The number of amides is 3. The van der Waals surface area contributed by atoms with Gasteiger partial charge < -0.3 is 0 Å². The van der Waals surface area contributed by atoms with E-state index in [0.717, 1.165) is 10.4 Å². The highest BCUT2D eigenvalue weighted by molar-refractivity contribution is 7.12. The van der Waals surface area contributed by atoms with Crippen molar-refractivity contribution in [2.24, 2.45) is 4.99 Å². The number of urea groups is 1. The van der Waals surface area contributed by atoms with Gasteiger partial charge >= 0.3 is 6.03 Å². The normalized spacial score (nSPS) is 14.7. The van der Waals surface area contributed by atoms with Crippen molar-refractivity contribution in [3.63, 3.8) is 0 Å². The number of hydrogen-bond donors (Lipinski definition) is 0. The zero-order valence-electron chi connectivity index (χ0n) is 11.6. The van der Waals surface area contributed by atoms with Gasteiger partial charge in [-0.05, 0) is 24.6 Å². The third-order valence-corrected chi connectivity index (χ3v) is 4.28. The van der Waals surface area contributed by atoms with Crippen LogP contribution in [0.1, 0.15) is 15.3 Å². The molecule has 0 saturated carbocycles. The lowest BCUT2D eigenvalue weighted by Crippen LogP contribution is -2.32. The lowest BCUT2D eigenvalue weighted by atomic mass is 10.2. The Morgan fingerprint density at radius 2 is 1.86 bits per heavy atom. The SMILES string of the molecule is Cc1ccc(CC2=NC(=O)N(Cc3ccccc3)C2=O)s1. The van der Waals surface area contributed by atoms with E-state index in [0.29, 0.717) is 12.1 Å². The Morgan fingerprint density at radius 3 is 2.52 bits per heavy atom. The van der Waals surface area contributed by atoms with Gasteiger partial charge in [0, 0.05) is 16.2 Å². The molecule has 0 radical (unpaired) electrons. The Kier molecular flexibility index (Phi) is 3.66. The van der Waals surface area contributed by atoms with Crippen LogP contribution in [0.2, 0.25) is 0 Å². The number of aryl methyl sites for hydroxylation is 1. The molecule has 4 nitrogen and oxygen atoms in total. The average Bonchev–Trinajstić information content (AvgIpc) is 2.99. The summed E-state index contributed by atoms with van der Waals surface area (Å²) >= 11 is 1.62. The topological polar surface area (TPSA) is 49.7 Å². The van der Waals surface area contributed by atoms with Gasteiger partial charge in [-0.1, -0.05) is 30.3 Å². The van der Waals surface area contributed by atoms with Crippen LogP contribution in [0.4, 0.5) is 4.79 Å². The number of carbonyl (C=O) groups excluding carboxylic acids is 2. The van der Waals surface area contributed by atoms with Crippen molar-refractivity contribution in [2.75, 3.05) is 0 Å². The van der Waals surface area contributed by atoms with Crippen LogP contribution in [0.15, 0.2) is 47.5 Å². The maximum atomic E-state index is 12.3. The molecule has 0 spiro atoms. The average molecular weight is 298 g/mol. The lowest BCUT2D eigenvalue weighted by molar-refractivity contribution is -0.121. The molecule has 2 aromatic rings. The number of benzene rings is 1. The van der Waals surface area contributed by atoms with Crippen molar-refractivity contribution in [2.45, 2.75) is 19.9 Å². The molecule has 2 heterocycles. The van der Waals surface area contributed by atoms with Gasteiger partial charge in [-0.25, -0.2) is 4.79 Å². The Bertz CT molecular complexity index is 719. The quantitative estimate of drug-likeness (QED) is 0.870. The van der Waals surface area contributed by atoms with E-state index in [-0.39, 0.29) is 12.5 Å². The molecule has 1 aromatic carbocycles. The molecule has 0 atom stereocenters. The first kappa shape index (κ1) is 13.7. The molecular formula is C16H14N2O2S. The molecule has 3 rings (SSSR count). The fourth-order valence-corrected chi connectivity index (χ4v) is 3.13. The summed E-state index contributed by atoms with van der Waals surface area (Å²) in [6.45, 7) is 2.29. The fraction of sp³-hybridized carbons (Fsp3) is 0.188. The summed E-state index contributed by atoms with van der Waals surface area (Å²) in [5, 5.41) is 0. The van der Waals surface area contributed by atoms with Crippen LogP contribution >= 0.6 is 11.3 Å². The Labute approximate surface area is 126 Å². The smallest absolute Gasteiger partial charge is 0.267 e. The number of nitrogens with zero attached hydrogens (tertiary/aromatic N) is 2. The summed E-state index contributed by atoms with van der Waals surface area (Å²) in [6.07, 6.45) is 0.425. The van der Waals surface area contributed by atoms with Gasteiger partial charge in [-0.2, -0.15) is 4.99 Å². The van der Waals surface area contributed by atoms with Crippen molar-refractivity contribution in [1.29, 1.82) is 0 Å². The van der Waals surface area contributed by atoms with Crippen LogP contribution in [-0.4, -0.2) is 22.5 Å². The first-order valence-electron chi connectivity index (χ1n) is 6.66. The minimum Gasteiger partial charge on any atom is -0.267 e. The molecule has 0 aliphatic carbocycles. The number of aliphatic imine (C=N–C) groups is 1. The molecule has 1 aliphatic rings. The van der Waals surface area contributed by atoms with Gasteiger partial charge in [0.2, 0.25) is 0 Å². The molecule has 0 bridgehead atoms. The van der Waals surface area contributed by atoms with E-state index in [1.165, 1.54) is 9.78 Å². The van der Waals surface area contributed by atoms with Crippen molar-refractivity contribution < 1.29 is 9.59 Å². The maximum absolute atomic E-state index is 12.3. The van der Waals surface area contributed by atoms with Crippen LogP contribution < -0.4 is 0 Å². The van der Waals surface area contributed by atoms with E-state index >= 15 is 0 Å². The molecule has 106 valence electrons. The van der Waals surface area contributed by atoms with Crippen molar-refractivity contribution in [1.82, 2.24) is 4.90 Å². The van der Waals surface area contributed by atoms with Crippen LogP contribution in [0.3, 0.4) is 0 Å². The summed E-state index contributed by atoms with van der Waals surface area (Å²) < 4.78 is 0. The van der Waals surface area contributed by atoms with Crippen molar-refractivity contribution in [3.05, 3.63) is 57.8 Å². The molecule has 0 saturated heterocycles. The van der Waals surface area contributed by atoms with Crippen LogP contribution in [0, 0.1) is 6.92 Å². The zero-order chi connectivity index (χ0) is 14.8. The van der Waals surface area contributed by atoms with Gasteiger partial charge in [0.15, 0.2) is 0 Å². The second-order valence-corrected chi connectivity index (χ2v) is 6.28. The van der Waals surface area contributed by atoms with Gasteiger partial charge in [0.05, 0.1) is 6.54 Å². The van der Waals surface area contributed by atoms with E-state index in [4.69, 9.17) is 0 Å². The third-order valence-electron chi connectivity index (χ3n) is 3.27. The minimum atomic E-state index is -0.466. The number of thiophene rings is 1. The molecule has 5 heteroatoms. The fourth-order valence-electron chi connectivity index (χ4n) is 2.23. The lowest BCUT2D eigenvalue weighted by Gasteiger charge is -2.12. The largest absolute Gasteiger partial charge is 0.351 e. The maximum Gasteiger partial charge on any atom is 0.351 e. The third kappa shape index (κ3) is 2.92. The monoisotopic (exact) mass is 298 g/mol. The Balaban J connectivity index is 1.73. The zero-order valence-corrected chi connectivity index (χ0v) is 12.4. The van der Waals surface area contributed by atoms with Crippen LogP contribution in [0.5, 0.6) is 0 Å². The highest BCUT2D eigenvalue weighted by atomic mass is 32.1. The van der Waals surface area contributed by atoms with Crippen LogP contribution in [0.25, 0.3) is 0 Å². The van der Waals surface area contributed by atoms with Crippen molar-refractivity contribution >= 4 is 29.0 Å². The van der Waals surface area contributed by atoms with Crippen LogP contribution in [-0.2, 0) is 17.8 Å². The summed E-state index contributed by atoms with van der Waals surface area (Å²) in [5.74, 6) is -0.282. The second kappa shape index (κ2) is 5.61. The molecule has 1 aromatic heterocycles. The number of rotatable bonds is 4. The molecular weight excluding hydrogens is 284 g/mol. The summed E-state index contributed by atoms with van der Waals surface area (Å²) in [4.78, 5) is 31.6. The number of carbonyl (C=O) groups is 2. The molecule has 1 aliphatic heterocycles. The van der Waals surface area contributed by atoms with E-state index < -0.39 is 6.03 Å². The molecule has 21 heavy (non-hydrogen) atoms. The standard InChI is InChI=1S/C16H14N2O2S/c1-11-7-8-13(21-11)9-14-15(19)18(16(20)17-14)10-12-5-3-2-4-6-12/h2-8H,9-10H2,1H3. The van der Waals surface area contributed by atoms with Gasteiger partial charge in [-0.15, -0.1) is 11.3 Å². The molecule has 0 N–H and O–H groups in total. The van der Waals surface area contributed by atoms with E-state index in [9.17, 15) is 9.59 Å². The Morgan fingerprint density at radius 1 is 1.10 bits per heavy atom. The summed E-state index contributed by atoms with van der Waals surface area (Å²) in [7, 11) is 0. The minimum absolute atomic E-state index is 0.273.